The number of ether oxygens (including phenoxy) is 2. The monoisotopic (exact) mass is 304 g/mol. The van der Waals surface area contributed by atoms with Gasteiger partial charge in [-0.3, -0.25) is 4.79 Å². The number of rotatable bonds is 4. The molecule has 0 aliphatic heterocycles. The number of hydrogen-bond donors (Lipinski definition) is 0. The molecule has 0 saturated carbocycles. The molecule has 0 amide bonds. The van der Waals surface area contributed by atoms with Crippen LogP contribution in [-0.4, -0.2) is 19.4 Å². The number of carbonyl (C=O) groups excluding carboxylic acids is 2. The molecule has 0 aromatic heterocycles. The highest BCUT2D eigenvalue weighted by atomic mass is 35.5. The summed E-state index contributed by atoms with van der Waals surface area (Å²) in [5.41, 5.74) is 1.78. The molecule has 2 aromatic rings. The average molecular weight is 305 g/mol. The summed E-state index contributed by atoms with van der Waals surface area (Å²) in [4.78, 5) is 22.9. The quantitative estimate of drug-likeness (QED) is 0.491. The molecule has 0 bridgehead atoms. The van der Waals surface area contributed by atoms with E-state index in [-0.39, 0.29) is 16.5 Å². The fourth-order valence-electron chi connectivity index (χ4n) is 1.75. The Balaban J connectivity index is 2.32. The molecule has 21 heavy (non-hydrogen) atoms. The van der Waals surface area contributed by atoms with Crippen LogP contribution in [0.3, 0.4) is 0 Å². The molecule has 0 saturated heterocycles. The van der Waals surface area contributed by atoms with Crippen molar-refractivity contribution >= 4 is 23.9 Å². The van der Waals surface area contributed by atoms with Crippen LogP contribution < -0.4 is 9.47 Å². The fraction of sp³-hybridized carbons (Fsp3) is 0.125. The van der Waals surface area contributed by atoms with E-state index >= 15 is 0 Å². The Kier molecular flexibility index (Phi) is 4.60. The Morgan fingerprint density at radius 2 is 1.86 bits per heavy atom. The summed E-state index contributed by atoms with van der Waals surface area (Å²) in [6, 6.07) is 9.82. The van der Waals surface area contributed by atoms with Crippen molar-refractivity contribution in [3.8, 4) is 11.5 Å². The molecule has 0 aliphatic rings. The average Bonchev–Trinajstić information content (AvgIpc) is 2.49. The number of carbonyl (C=O) groups is 2. The molecule has 0 unspecified atom stereocenters. The maximum Gasteiger partial charge on any atom is 0.343 e. The minimum atomic E-state index is -0.547. The van der Waals surface area contributed by atoms with Gasteiger partial charge in [0.15, 0.2) is 11.5 Å². The first-order chi connectivity index (χ1) is 10.0. The Morgan fingerprint density at radius 3 is 2.43 bits per heavy atom. The zero-order valence-electron chi connectivity index (χ0n) is 11.6. The molecule has 0 spiro atoms. The zero-order chi connectivity index (χ0) is 15.4. The van der Waals surface area contributed by atoms with Crippen LogP contribution in [0.15, 0.2) is 36.4 Å². The molecule has 0 N–H and O–H groups in total. The lowest BCUT2D eigenvalue weighted by atomic mass is 10.1. The number of esters is 1. The Labute approximate surface area is 127 Å². The van der Waals surface area contributed by atoms with Crippen LogP contribution in [0.4, 0.5) is 0 Å². The maximum absolute atomic E-state index is 12.1. The molecular weight excluding hydrogens is 292 g/mol. The molecule has 0 fully saturated rings. The van der Waals surface area contributed by atoms with Crippen LogP contribution in [0.25, 0.3) is 0 Å². The zero-order valence-corrected chi connectivity index (χ0v) is 12.3. The maximum atomic E-state index is 12.1. The van der Waals surface area contributed by atoms with E-state index in [0.717, 1.165) is 5.56 Å². The first-order valence-electron chi connectivity index (χ1n) is 6.16. The normalized spacial score (nSPS) is 10.0. The van der Waals surface area contributed by atoms with E-state index in [4.69, 9.17) is 21.1 Å². The predicted molar refractivity (Wildman–Crippen MR) is 79.5 cm³/mol. The Hall–Kier alpha value is -2.33. The van der Waals surface area contributed by atoms with Crippen LogP contribution in [0, 0.1) is 6.92 Å². The molecule has 5 heteroatoms. The number of aryl methyl sites for hydroxylation is 1. The van der Waals surface area contributed by atoms with Gasteiger partial charge in [0.05, 0.1) is 17.7 Å². The van der Waals surface area contributed by atoms with Crippen molar-refractivity contribution < 1.29 is 19.1 Å². The molecular formula is C16H13ClO4. The van der Waals surface area contributed by atoms with E-state index in [0.29, 0.717) is 17.4 Å². The van der Waals surface area contributed by atoms with Crippen molar-refractivity contribution in [1.29, 1.82) is 0 Å². The third-order valence-electron chi connectivity index (χ3n) is 2.87. The molecule has 4 nitrogen and oxygen atoms in total. The molecule has 2 aromatic carbocycles. The van der Waals surface area contributed by atoms with Crippen molar-refractivity contribution in [1.82, 2.24) is 0 Å². The van der Waals surface area contributed by atoms with E-state index in [2.05, 4.69) is 0 Å². The second-order valence-electron chi connectivity index (χ2n) is 4.41. The summed E-state index contributed by atoms with van der Waals surface area (Å²) in [5.74, 6) is -0.227. The highest BCUT2D eigenvalue weighted by Gasteiger charge is 2.17. The summed E-state index contributed by atoms with van der Waals surface area (Å²) in [6.07, 6.45) is 0.639. The van der Waals surface area contributed by atoms with Gasteiger partial charge in [-0.1, -0.05) is 29.3 Å². The first kappa shape index (κ1) is 15.1. The lowest BCUT2D eigenvalue weighted by Crippen LogP contribution is -2.09. The van der Waals surface area contributed by atoms with E-state index in [1.165, 1.54) is 19.2 Å². The molecule has 0 heterocycles. The smallest absolute Gasteiger partial charge is 0.343 e. The van der Waals surface area contributed by atoms with Crippen molar-refractivity contribution in [2.24, 2.45) is 0 Å². The fourth-order valence-corrected chi connectivity index (χ4v) is 2.01. The number of halogens is 1. The van der Waals surface area contributed by atoms with E-state index in [1.54, 1.807) is 12.1 Å². The molecule has 0 radical (unpaired) electrons. The number of benzene rings is 2. The van der Waals surface area contributed by atoms with Gasteiger partial charge in [0.25, 0.3) is 0 Å². The summed E-state index contributed by atoms with van der Waals surface area (Å²) >= 11 is 6.03. The molecule has 2 rings (SSSR count). The number of hydrogen-bond acceptors (Lipinski definition) is 4. The van der Waals surface area contributed by atoms with Gasteiger partial charge in [-0.2, -0.15) is 0 Å². The van der Waals surface area contributed by atoms with Crippen molar-refractivity contribution in [3.63, 3.8) is 0 Å². The van der Waals surface area contributed by atoms with Crippen molar-refractivity contribution in [2.75, 3.05) is 7.11 Å². The number of methoxy groups -OCH3 is 1. The van der Waals surface area contributed by atoms with Gasteiger partial charge in [0, 0.05) is 5.56 Å². The standard InChI is InChI=1S/C16H13ClO4/c1-10-3-5-12(6-4-10)16(19)21-15-13(17)7-11(9-18)8-14(15)20-2/h3-9H,1-2H3. The summed E-state index contributed by atoms with van der Waals surface area (Å²) < 4.78 is 10.4. The van der Waals surface area contributed by atoms with Gasteiger partial charge in [-0.15, -0.1) is 0 Å². The van der Waals surface area contributed by atoms with Crippen LogP contribution in [-0.2, 0) is 0 Å². The second-order valence-corrected chi connectivity index (χ2v) is 4.81. The number of aldehydes is 1. The minimum Gasteiger partial charge on any atom is -0.493 e. The summed E-state index contributed by atoms with van der Waals surface area (Å²) in [5, 5.41) is 0.136. The van der Waals surface area contributed by atoms with Crippen LogP contribution in [0.5, 0.6) is 11.5 Å². The van der Waals surface area contributed by atoms with Gasteiger partial charge in [0.2, 0.25) is 0 Å². The van der Waals surface area contributed by atoms with Crippen molar-refractivity contribution in [2.45, 2.75) is 6.92 Å². The van der Waals surface area contributed by atoms with Crippen LogP contribution in [0.2, 0.25) is 5.02 Å². The van der Waals surface area contributed by atoms with Crippen LogP contribution >= 0.6 is 11.6 Å². The molecule has 0 atom stereocenters. The largest absolute Gasteiger partial charge is 0.493 e. The molecule has 0 aliphatic carbocycles. The molecule has 108 valence electrons. The van der Waals surface area contributed by atoms with E-state index in [1.807, 2.05) is 19.1 Å². The third kappa shape index (κ3) is 3.41. The van der Waals surface area contributed by atoms with Gasteiger partial charge in [-0.25, -0.2) is 4.79 Å². The van der Waals surface area contributed by atoms with Gasteiger partial charge in [-0.05, 0) is 31.2 Å². The first-order valence-corrected chi connectivity index (χ1v) is 6.54. The topological polar surface area (TPSA) is 52.6 Å². The van der Waals surface area contributed by atoms with Gasteiger partial charge >= 0.3 is 5.97 Å². The van der Waals surface area contributed by atoms with E-state index in [9.17, 15) is 9.59 Å². The second kappa shape index (κ2) is 6.41. The third-order valence-corrected chi connectivity index (χ3v) is 3.15. The van der Waals surface area contributed by atoms with Crippen LogP contribution in [0.1, 0.15) is 26.3 Å². The Bertz CT molecular complexity index is 677. The highest BCUT2D eigenvalue weighted by Crippen LogP contribution is 2.36. The summed E-state index contributed by atoms with van der Waals surface area (Å²) in [6.45, 7) is 1.92. The van der Waals surface area contributed by atoms with Crippen molar-refractivity contribution in [3.05, 3.63) is 58.1 Å². The lowest BCUT2D eigenvalue weighted by molar-refractivity contribution is 0.0730. The van der Waals surface area contributed by atoms with Gasteiger partial charge < -0.3 is 9.47 Å². The summed E-state index contributed by atoms with van der Waals surface area (Å²) in [7, 11) is 1.41. The highest BCUT2D eigenvalue weighted by molar-refractivity contribution is 6.32. The minimum absolute atomic E-state index is 0.0929. The van der Waals surface area contributed by atoms with Gasteiger partial charge in [0.1, 0.15) is 6.29 Å². The van der Waals surface area contributed by atoms with E-state index < -0.39 is 5.97 Å². The Morgan fingerprint density at radius 1 is 1.19 bits per heavy atom. The lowest BCUT2D eigenvalue weighted by Gasteiger charge is -2.11. The predicted octanol–water partition coefficient (Wildman–Crippen LogP) is 3.69. The SMILES string of the molecule is COc1cc(C=O)cc(Cl)c1OC(=O)c1ccc(C)cc1.